The maximum atomic E-state index is 6.14. The highest BCUT2D eigenvalue weighted by molar-refractivity contribution is 5.83. The lowest BCUT2D eigenvalue weighted by molar-refractivity contribution is 0.214. The molecular weight excluding hydrogens is 328 g/mol. The van der Waals surface area contributed by atoms with Crippen LogP contribution in [-0.4, -0.2) is 44.4 Å². The average Bonchev–Trinajstić information content (AvgIpc) is 3.30. The Morgan fingerprint density at radius 3 is 3.12 bits per heavy atom. The smallest absolute Gasteiger partial charge is 0.242 e. The third kappa shape index (κ3) is 2.82. The largest absolute Gasteiger partial charge is 0.476 e. The number of hydrogen-bond donors (Lipinski definition) is 1. The molecule has 134 valence electrons. The van der Waals surface area contributed by atoms with Crippen LogP contribution in [0.4, 0.5) is 0 Å². The van der Waals surface area contributed by atoms with Crippen molar-refractivity contribution >= 4 is 11.0 Å². The van der Waals surface area contributed by atoms with Gasteiger partial charge in [0.25, 0.3) is 0 Å². The van der Waals surface area contributed by atoms with E-state index in [9.17, 15) is 0 Å². The van der Waals surface area contributed by atoms with Crippen molar-refractivity contribution in [3.63, 3.8) is 0 Å². The van der Waals surface area contributed by atoms with Gasteiger partial charge in [0.2, 0.25) is 5.88 Å². The molecule has 0 saturated carbocycles. The third-order valence-corrected chi connectivity index (χ3v) is 5.29. The van der Waals surface area contributed by atoms with E-state index >= 15 is 0 Å². The lowest BCUT2D eigenvalue weighted by atomic mass is 10.0. The van der Waals surface area contributed by atoms with Gasteiger partial charge in [0.05, 0.1) is 24.0 Å². The van der Waals surface area contributed by atoms with Crippen LogP contribution in [-0.2, 0) is 13.0 Å². The topological polar surface area (TPSA) is 77.8 Å². The van der Waals surface area contributed by atoms with Gasteiger partial charge in [0.1, 0.15) is 0 Å². The van der Waals surface area contributed by atoms with E-state index < -0.39 is 0 Å². The molecule has 0 amide bonds. The summed E-state index contributed by atoms with van der Waals surface area (Å²) < 4.78 is 8.21. The van der Waals surface area contributed by atoms with Gasteiger partial charge in [0.15, 0.2) is 5.52 Å². The standard InChI is InChI=1S/C19H22N6O/c1-3-13(10-20-5-1)12-26-19-18-16(21-6-7-22-18)9-15(24-19)14-11-23-25-8-2-4-17(14)25/h6-7,9,11,13,20H,1-5,8,10,12H2/t13-/m0/s1. The number of aryl methyl sites for hydroxylation is 1. The zero-order valence-electron chi connectivity index (χ0n) is 14.7. The highest BCUT2D eigenvalue weighted by atomic mass is 16.5. The molecule has 0 aliphatic carbocycles. The van der Waals surface area contributed by atoms with Crippen molar-refractivity contribution in [1.29, 1.82) is 0 Å². The summed E-state index contributed by atoms with van der Waals surface area (Å²) in [5.74, 6) is 1.09. The first-order valence-electron chi connectivity index (χ1n) is 9.39. The number of aromatic nitrogens is 5. The molecule has 3 aromatic heterocycles. The van der Waals surface area contributed by atoms with E-state index in [2.05, 4.69) is 25.1 Å². The second-order valence-corrected chi connectivity index (χ2v) is 7.09. The summed E-state index contributed by atoms with van der Waals surface area (Å²) in [6, 6.07) is 1.99. The zero-order chi connectivity index (χ0) is 17.3. The van der Waals surface area contributed by atoms with Crippen molar-refractivity contribution in [1.82, 2.24) is 30.0 Å². The fourth-order valence-electron chi connectivity index (χ4n) is 3.92. The van der Waals surface area contributed by atoms with Crippen LogP contribution in [0.1, 0.15) is 25.0 Å². The van der Waals surface area contributed by atoms with E-state index in [1.807, 2.05) is 12.3 Å². The van der Waals surface area contributed by atoms with Gasteiger partial charge < -0.3 is 10.1 Å². The fourth-order valence-corrected chi connectivity index (χ4v) is 3.92. The fraction of sp³-hybridized carbons (Fsp3) is 0.474. The number of pyridine rings is 1. The van der Waals surface area contributed by atoms with Crippen molar-refractivity contribution in [2.75, 3.05) is 19.7 Å². The van der Waals surface area contributed by atoms with E-state index in [1.54, 1.807) is 12.4 Å². The van der Waals surface area contributed by atoms with Crippen LogP contribution in [0, 0.1) is 5.92 Å². The monoisotopic (exact) mass is 350 g/mol. The summed E-state index contributed by atoms with van der Waals surface area (Å²) >= 11 is 0. The van der Waals surface area contributed by atoms with Crippen molar-refractivity contribution < 1.29 is 4.74 Å². The summed E-state index contributed by atoms with van der Waals surface area (Å²) in [5.41, 5.74) is 4.75. The van der Waals surface area contributed by atoms with Crippen LogP contribution in [0.3, 0.4) is 0 Å². The third-order valence-electron chi connectivity index (χ3n) is 5.29. The summed E-state index contributed by atoms with van der Waals surface area (Å²) in [4.78, 5) is 13.7. The maximum Gasteiger partial charge on any atom is 0.242 e. The van der Waals surface area contributed by atoms with Crippen molar-refractivity contribution in [2.24, 2.45) is 5.92 Å². The first kappa shape index (κ1) is 15.7. The van der Waals surface area contributed by atoms with Crippen molar-refractivity contribution in [3.05, 3.63) is 30.4 Å². The molecule has 0 bridgehead atoms. The molecule has 7 heteroatoms. The van der Waals surface area contributed by atoms with Crippen LogP contribution < -0.4 is 10.1 Å². The number of piperidine rings is 1. The van der Waals surface area contributed by atoms with Crippen molar-refractivity contribution in [3.8, 4) is 17.1 Å². The summed E-state index contributed by atoms with van der Waals surface area (Å²) in [6.07, 6.45) is 9.88. The molecule has 0 spiro atoms. The van der Waals surface area contributed by atoms with Gasteiger partial charge in [-0.25, -0.2) is 9.97 Å². The molecule has 2 aliphatic rings. The van der Waals surface area contributed by atoms with Crippen molar-refractivity contribution in [2.45, 2.75) is 32.2 Å². The lowest BCUT2D eigenvalue weighted by Gasteiger charge is -2.22. The molecule has 1 saturated heterocycles. The molecular formula is C19H22N6O. The predicted molar refractivity (Wildman–Crippen MR) is 98.0 cm³/mol. The first-order chi connectivity index (χ1) is 12.9. The average molecular weight is 350 g/mol. The normalized spacial score (nSPS) is 19.6. The molecule has 1 atom stereocenters. The minimum Gasteiger partial charge on any atom is -0.476 e. The Bertz CT molecular complexity index is 931. The highest BCUT2D eigenvalue weighted by Crippen LogP contribution is 2.31. The second kappa shape index (κ2) is 6.64. The van der Waals surface area contributed by atoms with Crippen LogP contribution in [0.15, 0.2) is 24.7 Å². The molecule has 26 heavy (non-hydrogen) atoms. The first-order valence-corrected chi connectivity index (χ1v) is 9.39. The summed E-state index contributed by atoms with van der Waals surface area (Å²) in [5, 5.41) is 7.92. The van der Waals surface area contributed by atoms with Gasteiger partial charge in [-0.05, 0) is 38.3 Å². The Morgan fingerprint density at radius 2 is 2.19 bits per heavy atom. The number of ether oxygens (including phenoxy) is 1. The van der Waals surface area contributed by atoms with E-state index in [1.165, 1.54) is 18.5 Å². The Morgan fingerprint density at radius 1 is 1.23 bits per heavy atom. The van der Waals surface area contributed by atoms with Gasteiger partial charge >= 0.3 is 0 Å². The molecule has 5 heterocycles. The molecule has 0 unspecified atom stereocenters. The highest BCUT2D eigenvalue weighted by Gasteiger charge is 2.21. The molecule has 7 nitrogen and oxygen atoms in total. The number of nitrogens with one attached hydrogen (secondary N) is 1. The summed E-state index contributed by atoms with van der Waals surface area (Å²) in [7, 11) is 0. The Hall–Kier alpha value is -2.54. The van der Waals surface area contributed by atoms with E-state index in [4.69, 9.17) is 9.72 Å². The Labute approximate surface area is 151 Å². The van der Waals surface area contributed by atoms with Crippen LogP contribution in [0.2, 0.25) is 0 Å². The summed E-state index contributed by atoms with van der Waals surface area (Å²) in [6.45, 7) is 3.74. The molecule has 3 aromatic rings. The zero-order valence-corrected chi connectivity index (χ0v) is 14.7. The Kier molecular flexibility index (Phi) is 4.01. The minimum absolute atomic E-state index is 0.515. The van der Waals surface area contributed by atoms with E-state index in [0.29, 0.717) is 18.4 Å². The number of rotatable bonds is 4. The quantitative estimate of drug-likeness (QED) is 0.777. The SMILES string of the molecule is c1cnc2c(OC[C@H]3CCCNC3)nc(-c3cnn4c3CCC4)cc2n1. The number of hydrogen-bond acceptors (Lipinski definition) is 6. The number of nitrogens with zero attached hydrogens (tertiary/aromatic N) is 5. The molecule has 1 fully saturated rings. The Balaban J connectivity index is 1.51. The van der Waals surface area contributed by atoms with Gasteiger partial charge in [-0.15, -0.1) is 0 Å². The second-order valence-electron chi connectivity index (χ2n) is 7.09. The molecule has 0 aromatic carbocycles. The van der Waals surface area contributed by atoms with Gasteiger partial charge in [-0.3, -0.25) is 9.67 Å². The number of fused-ring (bicyclic) bond motifs is 2. The van der Waals surface area contributed by atoms with Gasteiger partial charge in [-0.2, -0.15) is 5.10 Å². The van der Waals surface area contributed by atoms with Crippen LogP contribution in [0.25, 0.3) is 22.3 Å². The van der Waals surface area contributed by atoms with Gasteiger partial charge in [0, 0.05) is 42.7 Å². The van der Waals surface area contributed by atoms with E-state index in [-0.39, 0.29) is 0 Å². The van der Waals surface area contributed by atoms with Crippen LogP contribution >= 0.6 is 0 Å². The van der Waals surface area contributed by atoms with Crippen LogP contribution in [0.5, 0.6) is 5.88 Å². The molecule has 2 aliphatic heterocycles. The van der Waals surface area contributed by atoms with E-state index in [0.717, 1.165) is 54.8 Å². The molecule has 1 N–H and O–H groups in total. The minimum atomic E-state index is 0.515. The predicted octanol–water partition coefficient (Wildman–Crippen LogP) is 2.21. The lowest BCUT2D eigenvalue weighted by Crippen LogP contribution is -2.33. The molecule has 5 rings (SSSR count). The molecule has 0 radical (unpaired) electrons. The van der Waals surface area contributed by atoms with Gasteiger partial charge in [-0.1, -0.05) is 0 Å². The maximum absolute atomic E-state index is 6.14.